The molecule has 0 aliphatic heterocycles. The van der Waals surface area contributed by atoms with Gasteiger partial charge >= 0.3 is 0 Å². The van der Waals surface area contributed by atoms with Crippen molar-refractivity contribution in [2.24, 2.45) is 16.3 Å². The van der Waals surface area contributed by atoms with Crippen LogP contribution < -0.4 is 0 Å². The van der Waals surface area contributed by atoms with Gasteiger partial charge in [-0.1, -0.05) is 40.0 Å². The van der Waals surface area contributed by atoms with Crippen molar-refractivity contribution < 1.29 is 5.11 Å². The van der Waals surface area contributed by atoms with Crippen molar-refractivity contribution in [3.8, 4) is 0 Å². The van der Waals surface area contributed by atoms with Crippen LogP contribution in [0.2, 0.25) is 0 Å². The summed E-state index contributed by atoms with van der Waals surface area (Å²) >= 11 is 0. The van der Waals surface area contributed by atoms with Gasteiger partial charge in [0.25, 0.3) is 0 Å². The van der Waals surface area contributed by atoms with Crippen LogP contribution in [0, 0.1) is 11.3 Å². The molecule has 0 aromatic carbocycles. The number of hydrogen-bond donors (Lipinski definition) is 1. The summed E-state index contributed by atoms with van der Waals surface area (Å²) in [4.78, 5) is 4.31. The first-order chi connectivity index (χ1) is 7.03. The molecule has 2 nitrogen and oxygen atoms in total. The van der Waals surface area contributed by atoms with Crippen molar-refractivity contribution >= 4 is 5.71 Å². The number of hydrogen-bond acceptors (Lipinski definition) is 2. The van der Waals surface area contributed by atoms with Gasteiger partial charge < -0.3 is 5.11 Å². The third-order valence-corrected chi connectivity index (χ3v) is 3.06. The van der Waals surface area contributed by atoms with Crippen molar-refractivity contribution in [3.05, 3.63) is 0 Å². The number of nitrogens with zero attached hydrogens (tertiary/aromatic N) is 1. The Labute approximate surface area is 93.8 Å². The van der Waals surface area contributed by atoms with Crippen LogP contribution in [-0.2, 0) is 0 Å². The van der Waals surface area contributed by atoms with E-state index >= 15 is 0 Å². The normalized spacial score (nSPS) is 20.7. The second kappa shape index (κ2) is 5.64. The molecule has 1 N–H and O–H groups in total. The molecule has 2 heteroatoms. The van der Waals surface area contributed by atoms with Crippen LogP contribution >= 0.6 is 0 Å². The van der Waals surface area contributed by atoms with E-state index in [1.807, 2.05) is 0 Å². The molecule has 15 heavy (non-hydrogen) atoms. The van der Waals surface area contributed by atoms with E-state index in [-0.39, 0.29) is 12.1 Å². The van der Waals surface area contributed by atoms with E-state index in [4.69, 9.17) is 5.11 Å². The highest BCUT2D eigenvalue weighted by Crippen LogP contribution is 2.30. The van der Waals surface area contributed by atoms with Gasteiger partial charge in [-0.15, -0.1) is 0 Å². The van der Waals surface area contributed by atoms with Gasteiger partial charge in [0.05, 0.1) is 0 Å². The minimum absolute atomic E-state index is 0.0398. The molecule has 1 aliphatic carbocycles. The van der Waals surface area contributed by atoms with E-state index in [0.717, 1.165) is 6.42 Å². The molecule has 0 aromatic rings. The number of rotatable bonds is 3. The summed E-state index contributed by atoms with van der Waals surface area (Å²) in [6.45, 7) is 6.68. The maximum absolute atomic E-state index is 8.98. The van der Waals surface area contributed by atoms with Gasteiger partial charge in [-0.3, -0.25) is 4.99 Å². The van der Waals surface area contributed by atoms with Crippen molar-refractivity contribution in [1.82, 2.24) is 0 Å². The van der Waals surface area contributed by atoms with Crippen LogP contribution in [0.4, 0.5) is 0 Å². The third kappa shape index (κ3) is 4.78. The van der Waals surface area contributed by atoms with E-state index in [9.17, 15) is 0 Å². The largest absolute Gasteiger partial charge is 0.375 e. The molecule has 0 saturated heterocycles. The van der Waals surface area contributed by atoms with Crippen LogP contribution in [0.1, 0.15) is 59.3 Å². The average molecular weight is 211 g/mol. The minimum Gasteiger partial charge on any atom is -0.375 e. The molecule has 1 saturated carbocycles. The molecule has 0 atom stereocenters. The number of aliphatic hydroxyl groups excluding tert-OH is 1. The Morgan fingerprint density at radius 2 is 1.80 bits per heavy atom. The topological polar surface area (TPSA) is 32.6 Å². The van der Waals surface area contributed by atoms with Crippen LogP contribution in [0.25, 0.3) is 0 Å². The number of aliphatic imine (C=N–C) groups is 1. The second-order valence-electron chi connectivity index (χ2n) is 5.86. The molecule has 88 valence electrons. The Morgan fingerprint density at radius 1 is 1.20 bits per heavy atom. The lowest BCUT2D eigenvalue weighted by molar-refractivity contribution is 0.304. The zero-order valence-corrected chi connectivity index (χ0v) is 10.4. The Balaban J connectivity index is 2.60. The maximum Gasteiger partial charge on any atom is 0.134 e. The molecule has 1 aliphatic rings. The molecule has 0 unspecified atom stereocenters. The van der Waals surface area contributed by atoms with Gasteiger partial charge in [-0.2, -0.15) is 0 Å². The van der Waals surface area contributed by atoms with Crippen LogP contribution in [0.5, 0.6) is 0 Å². The first kappa shape index (κ1) is 12.7. The molecule has 1 fully saturated rings. The van der Waals surface area contributed by atoms with Crippen molar-refractivity contribution in [3.63, 3.8) is 0 Å². The second-order valence-corrected chi connectivity index (χ2v) is 5.86. The Bertz CT molecular complexity index is 209. The van der Waals surface area contributed by atoms with Crippen molar-refractivity contribution in [2.45, 2.75) is 59.3 Å². The van der Waals surface area contributed by atoms with Crippen LogP contribution in [0.15, 0.2) is 4.99 Å². The van der Waals surface area contributed by atoms with Gasteiger partial charge in [0, 0.05) is 5.71 Å². The molecule has 0 radical (unpaired) electrons. The molecule has 0 spiro atoms. The Morgan fingerprint density at radius 3 is 2.27 bits per heavy atom. The fraction of sp³-hybridized carbons (Fsp3) is 0.923. The highest BCUT2D eigenvalue weighted by atomic mass is 16.3. The molecule has 0 heterocycles. The zero-order valence-electron chi connectivity index (χ0n) is 10.4. The van der Waals surface area contributed by atoms with Gasteiger partial charge in [0.2, 0.25) is 0 Å². The highest BCUT2D eigenvalue weighted by molar-refractivity contribution is 5.87. The van der Waals surface area contributed by atoms with E-state index in [2.05, 4.69) is 25.8 Å². The third-order valence-electron chi connectivity index (χ3n) is 3.06. The van der Waals surface area contributed by atoms with Gasteiger partial charge in [-0.05, 0) is 30.6 Å². The monoisotopic (exact) mass is 211 g/mol. The SMILES string of the molecule is CC(C)(C)C/C(=N/CO)C1CCCCC1. The van der Waals surface area contributed by atoms with Crippen molar-refractivity contribution in [2.75, 3.05) is 6.73 Å². The smallest absolute Gasteiger partial charge is 0.134 e. The van der Waals surface area contributed by atoms with Crippen molar-refractivity contribution in [1.29, 1.82) is 0 Å². The Hall–Kier alpha value is -0.370. The van der Waals surface area contributed by atoms with E-state index in [0.29, 0.717) is 5.92 Å². The lowest BCUT2D eigenvalue weighted by Gasteiger charge is -2.28. The minimum atomic E-state index is -0.0398. The summed E-state index contributed by atoms with van der Waals surface area (Å²) in [5, 5.41) is 8.98. The van der Waals surface area contributed by atoms with E-state index in [1.54, 1.807) is 0 Å². The fourth-order valence-electron chi connectivity index (χ4n) is 2.40. The molecule has 0 bridgehead atoms. The van der Waals surface area contributed by atoms with E-state index in [1.165, 1.54) is 37.8 Å². The number of aliphatic hydroxyl groups is 1. The standard InChI is InChI=1S/C13H25NO/c1-13(2,3)9-12(14-10-15)11-7-5-4-6-8-11/h11,15H,4-10H2,1-3H3/b14-12-. The Kier molecular flexibility index (Phi) is 4.78. The fourth-order valence-corrected chi connectivity index (χ4v) is 2.40. The van der Waals surface area contributed by atoms with Gasteiger partial charge in [0.1, 0.15) is 6.73 Å². The predicted octanol–water partition coefficient (Wildman–Crippen LogP) is 3.39. The quantitative estimate of drug-likeness (QED) is 0.713. The highest BCUT2D eigenvalue weighted by Gasteiger charge is 2.23. The summed E-state index contributed by atoms with van der Waals surface area (Å²) < 4.78 is 0. The van der Waals surface area contributed by atoms with Crippen LogP contribution in [0.3, 0.4) is 0 Å². The summed E-state index contributed by atoms with van der Waals surface area (Å²) in [6, 6.07) is 0. The maximum atomic E-state index is 8.98. The van der Waals surface area contributed by atoms with Crippen LogP contribution in [-0.4, -0.2) is 17.5 Å². The zero-order chi connectivity index (χ0) is 11.3. The lowest BCUT2D eigenvalue weighted by atomic mass is 9.79. The first-order valence-electron chi connectivity index (χ1n) is 6.17. The summed E-state index contributed by atoms with van der Waals surface area (Å²) in [7, 11) is 0. The van der Waals surface area contributed by atoms with Gasteiger partial charge in [-0.25, -0.2) is 0 Å². The average Bonchev–Trinajstić information content (AvgIpc) is 2.17. The molecular weight excluding hydrogens is 186 g/mol. The summed E-state index contributed by atoms with van der Waals surface area (Å²) in [6.07, 6.45) is 7.61. The summed E-state index contributed by atoms with van der Waals surface area (Å²) in [5.41, 5.74) is 1.54. The predicted molar refractivity (Wildman–Crippen MR) is 65.2 cm³/mol. The molecular formula is C13H25NO. The molecule has 0 amide bonds. The first-order valence-corrected chi connectivity index (χ1v) is 6.17. The molecule has 0 aromatic heterocycles. The van der Waals surface area contributed by atoms with Gasteiger partial charge in [0.15, 0.2) is 0 Å². The lowest BCUT2D eigenvalue weighted by Crippen LogP contribution is -2.23. The summed E-state index contributed by atoms with van der Waals surface area (Å²) in [5.74, 6) is 0.644. The molecule has 1 rings (SSSR count). The van der Waals surface area contributed by atoms with E-state index < -0.39 is 0 Å².